The number of hydrogen-bond acceptors (Lipinski definition) is 7. The molecule has 0 saturated carbocycles. The number of fused-ring (bicyclic) bond motifs is 1. The molecular formula is C23H27N5O3. The highest BCUT2D eigenvalue weighted by Gasteiger charge is 2.29. The van der Waals surface area contributed by atoms with Gasteiger partial charge in [0.05, 0.1) is 24.4 Å². The Morgan fingerprint density at radius 2 is 1.97 bits per heavy atom. The first-order valence-electron chi connectivity index (χ1n) is 10.4. The summed E-state index contributed by atoms with van der Waals surface area (Å²) >= 11 is 0. The van der Waals surface area contributed by atoms with Gasteiger partial charge in [0.2, 0.25) is 11.8 Å². The minimum absolute atomic E-state index is 0.0399. The standard InChI is InChI=1S/C23H27N5O3/c1-15(21-14-28(16(2)29)11-12-30-21)31-23-22-20(24-9-10-25-22)13-19(26-23)17-5-7-18(8-6-17)27(3)4/h5-10,13,15,21H,11-12,14H2,1-4H3/t15-,21+/m1/s1. The number of nitrogens with zero attached hydrogens (tertiary/aromatic N) is 5. The topological polar surface area (TPSA) is 80.7 Å². The molecule has 4 rings (SSSR count). The van der Waals surface area contributed by atoms with Gasteiger partial charge in [-0.05, 0) is 25.1 Å². The van der Waals surface area contributed by atoms with Crippen LogP contribution in [0.2, 0.25) is 0 Å². The molecule has 1 saturated heterocycles. The predicted molar refractivity (Wildman–Crippen MR) is 119 cm³/mol. The van der Waals surface area contributed by atoms with Gasteiger partial charge in [-0.1, -0.05) is 12.1 Å². The van der Waals surface area contributed by atoms with Crippen molar-refractivity contribution in [2.75, 3.05) is 38.7 Å². The Kier molecular flexibility index (Phi) is 5.99. The van der Waals surface area contributed by atoms with Gasteiger partial charge in [-0.15, -0.1) is 0 Å². The summed E-state index contributed by atoms with van der Waals surface area (Å²) in [6, 6.07) is 10.1. The molecule has 1 aliphatic heterocycles. The molecule has 1 fully saturated rings. The van der Waals surface area contributed by atoms with Gasteiger partial charge in [-0.2, -0.15) is 0 Å². The fourth-order valence-electron chi connectivity index (χ4n) is 3.60. The predicted octanol–water partition coefficient (Wildman–Crippen LogP) is 2.77. The van der Waals surface area contributed by atoms with E-state index in [4.69, 9.17) is 14.5 Å². The number of carbonyl (C=O) groups is 1. The molecule has 8 heteroatoms. The number of pyridine rings is 1. The fourth-order valence-corrected chi connectivity index (χ4v) is 3.60. The van der Waals surface area contributed by atoms with E-state index in [9.17, 15) is 4.79 Å². The number of amides is 1. The van der Waals surface area contributed by atoms with Crippen molar-refractivity contribution in [3.8, 4) is 17.1 Å². The van der Waals surface area contributed by atoms with Crippen molar-refractivity contribution < 1.29 is 14.3 Å². The molecule has 2 aromatic heterocycles. The summed E-state index contributed by atoms with van der Waals surface area (Å²) in [6.45, 7) is 5.08. The quantitative estimate of drug-likeness (QED) is 0.627. The number of rotatable bonds is 5. The lowest BCUT2D eigenvalue weighted by molar-refractivity contribution is -0.140. The third-order valence-corrected chi connectivity index (χ3v) is 5.46. The van der Waals surface area contributed by atoms with Crippen LogP contribution in [0.25, 0.3) is 22.3 Å². The molecule has 0 bridgehead atoms. The molecule has 2 atom stereocenters. The molecule has 0 spiro atoms. The van der Waals surface area contributed by atoms with E-state index in [1.165, 1.54) is 0 Å². The number of benzene rings is 1. The molecule has 1 aromatic carbocycles. The second-order valence-electron chi connectivity index (χ2n) is 7.88. The van der Waals surface area contributed by atoms with Gasteiger partial charge in [-0.25, -0.2) is 9.97 Å². The summed E-state index contributed by atoms with van der Waals surface area (Å²) in [5, 5.41) is 0. The Labute approximate surface area is 181 Å². The zero-order chi connectivity index (χ0) is 22.0. The van der Waals surface area contributed by atoms with E-state index >= 15 is 0 Å². The Hall–Kier alpha value is -3.26. The zero-order valence-corrected chi connectivity index (χ0v) is 18.3. The van der Waals surface area contributed by atoms with Crippen LogP contribution < -0.4 is 9.64 Å². The number of anilines is 1. The van der Waals surface area contributed by atoms with Gasteiger partial charge in [0.1, 0.15) is 12.2 Å². The minimum atomic E-state index is -0.314. The van der Waals surface area contributed by atoms with Crippen molar-refractivity contribution in [1.82, 2.24) is 19.9 Å². The highest BCUT2D eigenvalue weighted by atomic mass is 16.5. The first kappa shape index (κ1) is 21.0. The maximum atomic E-state index is 11.8. The first-order valence-corrected chi connectivity index (χ1v) is 10.4. The number of hydrogen-bond donors (Lipinski definition) is 0. The van der Waals surface area contributed by atoms with Gasteiger partial charge < -0.3 is 19.3 Å². The lowest BCUT2D eigenvalue weighted by Gasteiger charge is -2.35. The van der Waals surface area contributed by atoms with E-state index in [2.05, 4.69) is 9.97 Å². The van der Waals surface area contributed by atoms with Gasteiger partial charge in [-0.3, -0.25) is 9.78 Å². The fraction of sp³-hybridized carbons (Fsp3) is 0.391. The monoisotopic (exact) mass is 421 g/mol. The van der Waals surface area contributed by atoms with Crippen LogP contribution in [0.5, 0.6) is 5.88 Å². The van der Waals surface area contributed by atoms with E-state index < -0.39 is 0 Å². The van der Waals surface area contributed by atoms with Crippen molar-refractivity contribution in [3.05, 3.63) is 42.7 Å². The molecule has 162 valence electrons. The summed E-state index contributed by atoms with van der Waals surface area (Å²) in [5.74, 6) is 0.450. The van der Waals surface area contributed by atoms with Gasteiger partial charge >= 0.3 is 0 Å². The second kappa shape index (κ2) is 8.85. The summed E-state index contributed by atoms with van der Waals surface area (Å²) < 4.78 is 12.1. The number of ether oxygens (including phenoxy) is 2. The third-order valence-electron chi connectivity index (χ3n) is 5.46. The highest BCUT2D eigenvalue weighted by Crippen LogP contribution is 2.29. The average molecular weight is 422 g/mol. The maximum absolute atomic E-state index is 11.8. The Morgan fingerprint density at radius 1 is 1.23 bits per heavy atom. The van der Waals surface area contributed by atoms with Crippen molar-refractivity contribution in [3.63, 3.8) is 0 Å². The molecule has 1 aliphatic rings. The van der Waals surface area contributed by atoms with Crippen LogP contribution in [0.15, 0.2) is 42.7 Å². The zero-order valence-electron chi connectivity index (χ0n) is 18.3. The van der Waals surface area contributed by atoms with Crippen LogP contribution in [0.1, 0.15) is 13.8 Å². The second-order valence-corrected chi connectivity index (χ2v) is 7.88. The normalized spacial score (nSPS) is 17.4. The molecule has 0 N–H and O–H groups in total. The maximum Gasteiger partial charge on any atom is 0.243 e. The van der Waals surface area contributed by atoms with Crippen molar-refractivity contribution in [2.24, 2.45) is 0 Å². The van der Waals surface area contributed by atoms with Crippen molar-refractivity contribution in [1.29, 1.82) is 0 Å². The summed E-state index contributed by atoms with van der Waals surface area (Å²) in [7, 11) is 4.01. The molecule has 0 unspecified atom stereocenters. The number of morpholine rings is 1. The van der Waals surface area contributed by atoms with E-state index in [-0.39, 0.29) is 18.1 Å². The van der Waals surface area contributed by atoms with Crippen LogP contribution in [0, 0.1) is 0 Å². The molecule has 8 nitrogen and oxygen atoms in total. The van der Waals surface area contributed by atoms with Crippen LogP contribution in [-0.4, -0.2) is 71.8 Å². The minimum Gasteiger partial charge on any atom is -0.470 e. The Balaban J connectivity index is 1.64. The van der Waals surface area contributed by atoms with Crippen LogP contribution in [-0.2, 0) is 9.53 Å². The Bertz CT molecular complexity index is 1070. The van der Waals surface area contributed by atoms with Gasteiger partial charge in [0.25, 0.3) is 0 Å². The summed E-state index contributed by atoms with van der Waals surface area (Å²) in [4.78, 5) is 29.2. The van der Waals surface area contributed by atoms with E-state index in [0.717, 1.165) is 16.9 Å². The largest absolute Gasteiger partial charge is 0.470 e. The lowest BCUT2D eigenvalue weighted by Crippen LogP contribution is -2.50. The van der Waals surface area contributed by atoms with E-state index in [0.29, 0.717) is 36.6 Å². The smallest absolute Gasteiger partial charge is 0.243 e. The first-order chi connectivity index (χ1) is 14.9. The van der Waals surface area contributed by atoms with Crippen LogP contribution in [0.4, 0.5) is 5.69 Å². The summed E-state index contributed by atoms with van der Waals surface area (Å²) in [5.41, 5.74) is 4.14. The molecule has 0 aliphatic carbocycles. The van der Waals surface area contributed by atoms with Crippen LogP contribution >= 0.6 is 0 Å². The lowest BCUT2D eigenvalue weighted by atomic mass is 10.1. The molecule has 31 heavy (non-hydrogen) atoms. The Morgan fingerprint density at radius 3 is 2.68 bits per heavy atom. The van der Waals surface area contributed by atoms with Gasteiger partial charge in [0.15, 0.2) is 5.52 Å². The number of aromatic nitrogens is 3. The van der Waals surface area contributed by atoms with Crippen LogP contribution in [0.3, 0.4) is 0 Å². The average Bonchev–Trinajstić information content (AvgIpc) is 2.79. The third kappa shape index (κ3) is 4.59. The highest BCUT2D eigenvalue weighted by molar-refractivity contribution is 5.83. The van der Waals surface area contributed by atoms with E-state index in [1.54, 1.807) is 24.2 Å². The summed E-state index contributed by atoms with van der Waals surface area (Å²) in [6.07, 6.45) is 2.73. The molecule has 3 aromatic rings. The number of carbonyl (C=O) groups excluding carboxylic acids is 1. The van der Waals surface area contributed by atoms with Crippen molar-refractivity contribution in [2.45, 2.75) is 26.1 Å². The molecule has 0 radical (unpaired) electrons. The van der Waals surface area contributed by atoms with Crippen molar-refractivity contribution >= 4 is 22.6 Å². The van der Waals surface area contributed by atoms with E-state index in [1.807, 2.05) is 56.3 Å². The molecule has 1 amide bonds. The molecule has 3 heterocycles. The molecular weight excluding hydrogens is 394 g/mol. The SMILES string of the molecule is CC(=O)N1CCO[C@H]([C@@H](C)Oc2nc(-c3ccc(N(C)C)cc3)cc3nccnc23)C1. The van der Waals surface area contributed by atoms with Gasteiger partial charge in [0, 0.05) is 51.2 Å².